The fraction of sp³-hybridized carbons (Fsp3) is 0.526. The third kappa shape index (κ3) is 5.76. The summed E-state index contributed by atoms with van der Waals surface area (Å²) >= 11 is 0. The van der Waals surface area contributed by atoms with Gasteiger partial charge >= 0.3 is 5.97 Å². The molecule has 7 nitrogen and oxygen atoms in total. The number of carbonyl (C=O) groups is 2. The van der Waals surface area contributed by atoms with Crippen molar-refractivity contribution in [2.45, 2.75) is 62.0 Å². The van der Waals surface area contributed by atoms with Gasteiger partial charge in [0.05, 0.1) is 23.1 Å². The van der Waals surface area contributed by atoms with Crippen LogP contribution in [0.25, 0.3) is 0 Å². The van der Waals surface area contributed by atoms with Crippen LogP contribution in [0.1, 0.15) is 45.4 Å². The minimum atomic E-state index is -3.78. The van der Waals surface area contributed by atoms with Gasteiger partial charge in [-0.05, 0) is 44.0 Å². The molecule has 152 valence electrons. The molecule has 0 bridgehead atoms. The molecule has 1 amide bonds. The van der Waals surface area contributed by atoms with E-state index in [9.17, 15) is 27.7 Å². The van der Waals surface area contributed by atoms with E-state index in [1.807, 2.05) is 0 Å². The zero-order valence-corrected chi connectivity index (χ0v) is 16.4. The van der Waals surface area contributed by atoms with Crippen LogP contribution >= 0.6 is 0 Å². The molecule has 1 fully saturated rings. The SMILES string of the molecule is C[C@H](OC(=O)CCS(=O)(=O)c1ccc(F)cc1)C(=O)NC1(C#N)CCCCC1. The predicted molar refractivity (Wildman–Crippen MR) is 98.2 cm³/mol. The number of ether oxygens (including phenoxy) is 1. The number of esters is 1. The highest BCUT2D eigenvalue weighted by Gasteiger charge is 2.35. The quantitative estimate of drug-likeness (QED) is 0.545. The second kappa shape index (κ2) is 9.15. The van der Waals surface area contributed by atoms with E-state index in [1.165, 1.54) is 6.92 Å². The van der Waals surface area contributed by atoms with Crippen LogP contribution in [0, 0.1) is 17.1 Å². The van der Waals surface area contributed by atoms with Crippen molar-refractivity contribution in [1.82, 2.24) is 5.32 Å². The number of amides is 1. The number of nitrogens with zero attached hydrogens (tertiary/aromatic N) is 1. The highest BCUT2D eigenvalue weighted by atomic mass is 32.2. The molecule has 0 aromatic heterocycles. The molecule has 1 saturated carbocycles. The predicted octanol–water partition coefficient (Wildman–Crippen LogP) is 2.26. The Morgan fingerprint density at radius 1 is 1.25 bits per heavy atom. The largest absolute Gasteiger partial charge is 0.453 e. The number of rotatable bonds is 7. The van der Waals surface area contributed by atoms with Crippen molar-refractivity contribution < 1.29 is 27.1 Å². The molecule has 1 aliphatic carbocycles. The lowest BCUT2D eigenvalue weighted by atomic mass is 9.83. The van der Waals surface area contributed by atoms with Crippen molar-refractivity contribution in [3.8, 4) is 6.07 Å². The van der Waals surface area contributed by atoms with Gasteiger partial charge < -0.3 is 10.1 Å². The molecule has 0 unspecified atom stereocenters. The lowest BCUT2D eigenvalue weighted by Gasteiger charge is -2.32. The van der Waals surface area contributed by atoms with Crippen LogP contribution in [0.2, 0.25) is 0 Å². The van der Waals surface area contributed by atoms with Crippen molar-refractivity contribution >= 4 is 21.7 Å². The minimum Gasteiger partial charge on any atom is -0.453 e. The molecule has 0 heterocycles. The smallest absolute Gasteiger partial charge is 0.307 e. The van der Waals surface area contributed by atoms with Gasteiger partial charge in [0.15, 0.2) is 15.9 Å². The molecule has 28 heavy (non-hydrogen) atoms. The molecule has 1 aromatic rings. The Labute approximate surface area is 163 Å². The number of benzene rings is 1. The van der Waals surface area contributed by atoms with E-state index in [-0.39, 0.29) is 4.90 Å². The van der Waals surface area contributed by atoms with Crippen LogP contribution < -0.4 is 5.32 Å². The fourth-order valence-electron chi connectivity index (χ4n) is 3.04. The third-order valence-corrected chi connectivity index (χ3v) is 6.44. The first kappa shape index (κ1) is 21.8. The minimum absolute atomic E-state index is 0.0965. The van der Waals surface area contributed by atoms with E-state index < -0.39 is 51.3 Å². The summed E-state index contributed by atoms with van der Waals surface area (Å²) in [5.41, 5.74) is -0.943. The Bertz CT molecular complexity index is 855. The number of carbonyl (C=O) groups excluding carboxylic acids is 2. The summed E-state index contributed by atoms with van der Waals surface area (Å²) in [7, 11) is -3.78. The Balaban J connectivity index is 1.87. The van der Waals surface area contributed by atoms with E-state index in [4.69, 9.17) is 4.74 Å². The van der Waals surface area contributed by atoms with E-state index in [0.717, 1.165) is 43.5 Å². The average Bonchev–Trinajstić information content (AvgIpc) is 2.67. The maximum atomic E-state index is 12.9. The van der Waals surface area contributed by atoms with Gasteiger partial charge in [0.2, 0.25) is 0 Å². The topological polar surface area (TPSA) is 113 Å². The van der Waals surface area contributed by atoms with Crippen molar-refractivity contribution in [1.29, 1.82) is 5.26 Å². The normalized spacial score (nSPS) is 17.2. The van der Waals surface area contributed by atoms with Gasteiger partial charge in [-0.2, -0.15) is 5.26 Å². The summed E-state index contributed by atoms with van der Waals surface area (Å²) < 4.78 is 42.2. The van der Waals surface area contributed by atoms with Crippen LogP contribution in [0.4, 0.5) is 4.39 Å². The Kier molecular flexibility index (Phi) is 7.13. The van der Waals surface area contributed by atoms with Gasteiger partial charge in [-0.15, -0.1) is 0 Å². The lowest BCUT2D eigenvalue weighted by molar-refractivity contribution is -0.155. The molecular weight excluding hydrogens is 387 g/mol. The van der Waals surface area contributed by atoms with Gasteiger partial charge in [-0.1, -0.05) is 19.3 Å². The molecule has 2 rings (SSSR count). The highest BCUT2D eigenvalue weighted by molar-refractivity contribution is 7.91. The Morgan fingerprint density at radius 2 is 1.86 bits per heavy atom. The summed E-state index contributed by atoms with van der Waals surface area (Å²) in [6, 6.07) is 6.43. The first-order chi connectivity index (χ1) is 13.2. The molecule has 0 saturated heterocycles. The van der Waals surface area contributed by atoms with E-state index in [1.54, 1.807) is 0 Å². The molecule has 1 aromatic carbocycles. The maximum Gasteiger partial charge on any atom is 0.307 e. The van der Waals surface area contributed by atoms with Gasteiger partial charge in [-0.25, -0.2) is 12.8 Å². The van der Waals surface area contributed by atoms with Crippen LogP contribution in [0.5, 0.6) is 0 Å². The molecule has 0 spiro atoms. The third-order valence-electron chi connectivity index (χ3n) is 4.71. The van der Waals surface area contributed by atoms with Crippen LogP contribution in [0.3, 0.4) is 0 Å². The summed E-state index contributed by atoms with van der Waals surface area (Å²) in [6.07, 6.45) is 2.19. The van der Waals surface area contributed by atoms with Crippen LogP contribution in [-0.2, 0) is 24.2 Å². The zero-order chi connectivity index (χ0) is 20.8. The standard InChI is InChI=1S/C19H23FN2O5S/c1-14(18(24)22-19(13-21)10-3-2-4-11-19)27-17(23)9-12-28(25,26)16-7-5-15(20)6-8-16/h5-8,14H,2-4,9-12H2,1H3,(H,22,24)/t14-/m0/s1. The van der Waals surface area contributed by atoms with Gasteiger partial charge in [-0.3, -0.25) is 9.59 Å². The van der Waals surface area contributed by atoms with Gasteiger partial charge in [0.1, 0.15) is 11.4 Å². The number of hydrogen-bond donors (Lipinski definition) is 1. The Hall–Kier alpha value is -2.47. The number of nitriles is 1. The second-order valence-electron chi connectivity index (χ2n) is 6.90. The monoisotopic (exact) mass is 410 g/mol. The number of sulfone groups is 1. The summed E-state index contributed by atoms with van der Waals surface area (Å²) in [5.74, 6) is -2.51. The van der Waals surface area contributed by atoms with E-state index in [0.29, 0.717) is 12.8 Å². The number of hydrogen-bond acceptors (Lipinski definition) is 6. The summed E-state index contributed by atoms with van der Waals surface area (Å²) in [6.45, 7) is 1.37. The van der Waals surface area contributed by atoms with E-state index >= 15 is 0 Å². The number of halogens is 1. The van der Waals surface area contributed by atoms with Crippen LogP contribution in [0.15, 0.2) is 29.2 Å². The van der Waals surface area contributed by atoms with Crippen molar-refractivity contribution in [3.63, 3.8) is 0 Å². The zero-order valence-electron chi connectivity index (χ0n) is 15.6. The lowest BCUT2D eigenvalue weighted by Crippen LogP contribution is -2.52. The second-order valence-corrected chi connectivity index (χ2v) is 9.01. The number of nitrogens with one attached hydrogen (secondary N) is 1. The molecule has 0 radical (unpaired) electrons. The molecule has 1 aliphatic rings. The first-order valence-electron chi connectivity index (χ1n) is 9.08. The first-order valence-corrected chi connectivity index (χ1v) is 10.7. The molecular formula is C19H23FN2O5S. The maximum absolute atomic E-state index is 12.9. The molecule has 1 N–H and O–H groups in total. The van der Waals surface area contributed by atoms with Crippen molar-refractivity contribution in [2.75, 3.05) is 5.75 Å². The van der Waals surface area contributed by atoms with Crippen molar-refractivity contribution in [3.05, 3.63) is 30.1 Å². The average molecular weight is 410 g/mol. The van der Waals surface area contributed by atoms with Gasteiger partial charge in [0.25, 0.3) is 5.91 Å². The highest BCUT2D eigenvalue weighted by Crippen LogP contribution is 2.27. The van der Waals surface area contributed by atoms with E-state index in [2.05, 4.69) is 11.4 Å². The molecule has 0 aliphatic heterocycles. The summed E-state index contributed by atoms with van der Waals surface area (Å²) in [5, 5.41) is 12.1. The molecule has 9 heteroatoms. The van der Waals surface area contributed by atoms with Crippen molar-refractivity contribution in [2.24, 2.45) is 0 Å². The summed E-state index contributed by atoms with van der Waals surface area (Å²) in [4.78, 5) is 24.1. The molecule has 1 atom stereocenters. The fourth-order valence-corrected chi connectivity index (χ4v) is 4.27. The van der Waals surface area contributed by atoms with Crippen LogP contribution in [-0.4, -0.2) is 37.7 Å². The Morgan fingerprint density at radius 3 is 2.43 bits per heavy atom. The van der Waals surface area contributed by atoms with Gasteiger partial charge in [0, 0.05) is 0 Å².